The van der Waals surface area contributed by atoms with Gasteiger partial charge in [0.1, 0.15) is 0 Å². The van der Waals surface area contributed by atoms with Gasteiger partial charge in [-0.15, -0.1) is 0 Å². The third-order valence-electron chi connectivity index (χ3n) is 2.87. The first-order valence-electron chi connectivity index (χ1n) is 6.20. The quantitative estimate of drug-likeness (QED) is 0.702. The van der Waals surface area contributed by atoms with Crippen LogP contribution >= 0.6 is 15.9 Å². The van der Waals surface area contributed by atoms with Gasteiger partial charge in [-0.25, -0.2) is 0 Å². The molecule has 0 spiro atoms. The summed E-state index contributed by atoms with van der Waals surface area (Å²) < 4.78 is 1.25. The van der Waals surface area contributed by atoms with Crippen molar-refractivity contribution in [1.29, 1.82) is 0 Å². The molecule has 92 valence electrons. The van der Waals surface area contributed by atoms with E-state index in [0.717, 1.165) is 0 Å². The number of rotatable bonds is 3. The second-order valence-corrected chi connectivity index (χ2v) is 5.46. The third kappa shape index (κ3) is 2.91. The predicted molar refractivity (Wildman–Crippen MR) is 82.7 cm³/mol. The second-order valence-electron chi connectivity index (χ2n) is 4.61. The SMILES string of the molecule is CC(C)C(Br)=C(c1ccccc1)c1ccccc1. The molecule has 0 aliphatic carbocycles. The van der Waals surface area contributed by atoms with E-state index in [1.54, 1.807) is 0 Å². The highest BCUT2D eigenvalue weighted by molar-refractivity contribution is 9.11. The van der Waals surface area contributed by atoms with Gasteiger partial charge in [0.25, 0.3) is 0 Å². The summed E-state index contributed by atoms with van der Waals surface area (Å²) in [4.78, 5) is 0. The molecule has 2 rings (SSSR count). The van der Waals surface area contributed by atoms with Crippen LogP contribution in [0.5, 0.6) is 0 Å². The van der Waals surface area contributed by atoms with Crippen molar-refractivity contribution in [1.82, 2.24) is 0 Å². The molecule has 0 aliphatic heterocycles. The molecule has 0 nitrogen and oxygen atoms in total. The van der Waals surface area contributed by atoms with Crippen LogP contribution in [0.2, 0.25) is 0 Å². The molecule has 0 heterocycles. The Labute approximate surface area is 117 Å². The maximum Gasteiger partial charge on any atom is 0.00605 e. The lowest BCUT2D eigenvalue weighted by molar-refractivity contribution is 0.822. The summed E-state index contributed by atoms with van der Waals surface area (Å²) in [5.74, 6) is 0.473. The minimum Gasteiger partial charge on any atom is -0.0622 e. The standard InChI is InChI=1S/C17H17Br/c1-13(2)17(18)16(14-9-5-3-6-10-14)15-11-7-4-8-12-15/h3-13H,1-2H3. The van der Waals surface area contributed by atoms with E-state index in [0.29, 0.717) is 5.92 Å². The highest BCUT2D eigenvalue weighted by Crippen LogP contribution is 2.33. The van der Waals surface area contributed by atoms with Gasteiger partial charge in [-0.2, -0.15) is 0 Å². The minimum atomic E-state index is 0.473. The molecule has 0 radical (unpaired) electrons. The van der Waals surface area contributed by atoms with E-state index >= 15 is 0 Å². The first-order valence-corrected chi connectivity index (χ1v) is 7.00. The molecule has 2 aromatic rings. The molecule has 18 heavy (non-hydrogen) atoms. The van der Waals surface area contributed by atoms with E-state index in [4.69, 9.17) is 0 Å². The van der Waals surface area contributed by atoms with Crippen molar-refractivity contribution >= 4 is 21.5 Å². The average Bonchev–Trinajstić information content (AvgIpc) is 2.41. The monoisotopic (exact) mass is 300 g/mol. The number of benzene rings is 2. The lowest BCUT2D eigenvalue weighted by atomic mass is 9.95. The number of hydrogen-bond acceptors (Lipinski definition) is 0. The molecule has 0 saturated heterocycles. The largest absolute Gasteiger partial charge is 0.0622 e. The van der Waals surface area contributed by atoms with Crippen molar-refractivity contribution < 1.29 is 0 Å². The minimum absolute atomic E-state index is 0.473. The summed E-state index contributed by atoms with van der Waals surface area (Å²) in [6, 6.07) is 21.1. The maximum atomic E-state index is 3.76. The van der Waals surface area contributed by atoms with Gasteiger partial charge in [-0.3, -0.25) is 0 Å². The van der Waals surface area contributed by atoms with Crippen molar-refractivity contribution in [3.8, 4) is 0 Å². The van der Waals surface area contributed by atoms with E-state index in [2.05, 4.69) is 90.4 Å². The first kappa shape index (κ1) is 13.1. The molecule has 0 bridgehead atoms. The van der Waals surface area contributed by atoms with Crippen molar-refractivity contribution in [3.63, 3.8) is 0 Å². The van der Waals surface area contributed by atoms with Crippen LogP contribution in [-0.4, -0.2) is 0 Å². The van der Waals surface area contributed by atoms with Gasteiger partial charge in [0.2, 0.25) is 0 Å². The highest BCUT2D eigenvalue weighted by atomic mass is 79.9. The predicted octanol–water partition coefficient (Wildman–Crippen LogP) is 5.50. The molecule has 0 atom stereocenters. The Morgan fingerprint density at radius 2 is 1.17 bits per heavy atom. The van der Waals surface area contributed by atoms with Crippen LogP contribution in [0.4, 0.5) is 0 Å². The lowest BCUT2D eigenvalue weighted by Crippen LogP contribution is -1.95. The summed E-state index contributed by atoms with van der Waals surface area (Å²) in [7, 11) is 0. The van der Waals surface area contributed by atoms with Gasteiger partial charge in [-0.1, -0.05) is 90.4 Å². The van der Waals surface area contributed by atoms with Gasteiger partial charge < -0.3 is 0 Å². The molecule has 1 heteroatoms. The molecule has 0 N–H and O–H groups in total. The van der Waals surface area contributed by atoms with Gasteiger partial charge in [0.15, 0.2) is 0 Å². The molecule has 0 unspecified atom stereocenters. The third-order valence-corrected chi connectivity index (χ3v) is 4.18. The number of allylic oxidation sites excluding steroid dienone is 1. The van der Waals surface area contributed by atoms with Crippen LogP contribution in [-0.2, 0) is 0 Å². The Hall–Kier alpha value is -1.34. The smallest absolute Gasteiger partial charge is 0.00605 e. The normalized spacial score (nSPS) is 10.4. The van der Waals surface area contributed by atoms with Crippen LogP contribution in [0, 0.1) is 5.92 Å². The van der Waals surface area contributed by atoms with Gasteiger partial charge >= 0.3 is 0 Å². The van der Waals surface area contributed by atoms with Crippen LogP contribution < -0.4 is 0 Å². The van der Waals surface area contributed by atoms with E-state index in [-0.39, 0.29) is 0 Å². The van der Waals surface area contributed by atoms with Crippen LogP contribution in [0.3, 0.4) is 0 Å². The zero-order chi connectivity index (χ0) is 13.0. The Balaban J connectivity index is 2.60. The zero-order valence-electron chi connectivity index (χ0n) is 10.7. The van der Waals surface area contributed by atoms with Gasteiger partial charge in [0.05, 0.1) is 0 Å². The summed E-state index contributed by atoms with van der Waals surface area (Å²) >= 11 is 3.76. The maximum absolute atomic E-state index is 3.76. The molecule has 2 aromatic carbocycles. The zero-order valence-corrected chi connectivity index (χ0v) is 12.3. The Morgan fingerprint density at radius 1 is 0.778 bits per heavy atom. The molecular weight excluding hydrogens is 284 g/mol. The van der Waals surface area contributed by atoms with Gasteiger partial charge in [0, 0.05) is 4.48 Å². The summed E-state index contributed by atoms with van der Waals surface area (Å²) in [6.45, 7) is 4.41. The van der Waals surface area contributed by atoms with Crippen molar-refractivity contribution in [3.05, 3.63) is 76.3 Å². The lowest BCUT2D eigenvalue weighted by Gasteiger charge is -2.14. The Morgan fingerprint density at radius 3 is 1.50 bits per heavy atom. The topological polar surface area (TPSA) is 0 Å². The average molecular weight is 301 g/mol. The fraction of sp³-hybridized carbons (Fsp3) is 0.176. The van der Waals surface area contributed by atoms with Crippen molar-refractivity contribution in [2.45, 2.75) is 13.8 Å². The van der Waals surface area contributed by atoms with Crippen LogP contribution in [0.25, 0.3) is 5.57 Å². The summed E-state index contributed by atoms with van der Waals surface area (Å²) in [5.41, 5.74) is 3.79. The molecule has 0 saturated carbocycles. The second kappa shape index (κ2) is 6.01. The van der Waals surface area contributed by atoms with E-state index in [9.17, 15) is 0 Å². The fourth-order valence-electron chi connectivity index (χ4n) is 1.94. The van der Waals surface area contributed by atoms with Crippen LogP contribution in [0.1, 0.15) is 25.0 Å². The van der Waals surface area contributed by atoms with Crippen molar-refractivity contribution in [2.24, 2.45) is 5.92 Å². The first-order chi connectivity index (χ1) is 8.70. The number of halogens is 1. The molecular formula is C17H17Br. The highest BCUT2D eigenvalue weighted by Gasteiger charge is 2.11. The fourth-order valence-corrected chi connectivity index (χ4v) is 2.40. The van der Waals surface area contributed by atoms with E-state index < -0.39 is 0 Å². The molecule has 0 aromatic heterocycles. The summed E-state index contributed by atoms with van der Waals surface area (Å²) in [6.07, 6.45) is 0. The Kier molecular flexibility index (Phi) is 4.38. The Bertz CT molecular complexity index is 483. The van der Waals surface area contributed by atoms with Crippen molar-refractivity contribution in [2.75, 3.05) is 0 Å². The molecule has 0 fully saturated rings. The van der Waals surface area contributed by atoms with E-state index in [1.165, 1.54) is 21.2 Å². The molecule has 0 aliphatic rings. The summed E-state index contributed by atoms with van der Waals surface area (Å²) in [5, 5.41) is 0. The van der Waals surface area contributed by atoms with E-state index in [1.807, 2.05) is 0 Å². The van der Waals surface area contributed by atoms with Gasteiger partial charge in [-0.05, 0) is 22.6 Å². The van der Waals surface area contributed by atoms with Crippen LogP contribution in [0.15, 0.2) is 65.1 Å². The molecule has 0 amide bonds. The number of hydrogen-bond donors (Lipinski definition) is 0.